The first-order valence-electron chi connectivity index (χ1n) is 5.13. The molecule has 2 aromatic rings. The fourth-order valence-electron chi connectivity index (χ4n) is 1.69. The van der Waals surface area contributed by atoms with Crippen molar-refractivity contribution in [2.45, 2.75) is 0 Å². The molecule has 1 aromatic heterocycles. The van der Waals surface area contributed by atoms with Gasteiger partial charge in [0.1, 0.15) is 34.5 Å². The molecular formula is C13H6ClFN4. The molecule has 0 fully saturated rings. The maximum atomic E-state index is 12.9. The Bertz CT molecular complexity index is 688. The van der Waals surface area contributed by atoms with E-state index in [-0.39, 0.29) is 27.7 Å². The quantitative estimate of drug-likeness (QED) is 0.809. The third kappa shape index (κ3) is 2.20. The molecule has 19 heavy (non-hydrogen) atoms. The molecule has 0 saturated carbocycles. The summed E-state index contributed by atoms with van der Waals surface area (Å²) >= 11 is 5.85. The number of aromatic nitrogens is 1. The number of nitriles is 2. The van der Waals surface area contributed by atoms with E-state index in [4.69, 9.17) is 27.9 Å². The highest BCUT2D eigenvalue weighted by Crippen LogP contribution is 2.33. The minimum Gasteiger partial charge on any atom is -0.383 e. The Labute approximate surface area is 113 Å². The predicted octanol–water partition coefficient (Wildman–Crippen LogP) is 2.87. The van der Waals surface area contributed by atoms with Gasteiger partial charge in [-0.05, 0) is 17.7 Å². The van der Waals surface area contributed by atoms with Crippen LogP contribution in [-0.4, -0.2) is 4.98 Å². The molecular weight excluding hydrogens is 267 g/mol. The lowest BCUT2D eigenvalue weighted by Crippen LogP contribution is -2.01. The molecule has 1 heterocycles. The van der Waals surface area contributed by atoms with E-state index in [0.717, 1.165) is 0 Å². The van der Waals surface area contributed by atoms with Crippen molar-refractivity contribution in [3.05, 3.63) is 46.4 Å². The Balaban J connectivity index is 2.85. The van der Waals surface area contributed by atoms with Crippen molar-refractivity contribution in [3.8, 4) is 23.3 Å². The first-order valence-corrected chi connectivity index (χ1v) is 5.51. The molecule has 4 nitrogen and oxygen atoms in total. The molecule has 6 heteroatoms. The van der Waals surface area contributed by atoms with E-state index in [1.165, 1.54) is 24.3 Å². The Morgan fingerprint density at radius 3 is 2.21 bits per heavy atom. The Kier molecular flexibility index (Phi) is 3.33. The number of hydrogen-bond donors (Lipinski definition) is 1. The fourth-order valence-corrected chi connectivity index (χ4v) is 1.92. The Hall–Kier alpha value is -2.63. The van der Waals surface area contributed by atoms with Crippen LogP contribution >= 0.6 is 11.6 Å². The van der Waals surface area contributed by atoms with Crippen LogP contribution in [0, 0.1) is 28.5 Å². The number of rotatable bonds is 1. The minimum atomic E-state index is -0.422. The second-order valence-electron chi connectivity index (χ2n) is 3.64. The van der Waals surface area contributed by atoms with Gasteiger partial charge in [-0.15, -0.1) is 0 Å². The van der Waals surface area contributed by atoms with Crippen LogP contribution in [0.15, 0.2) is 24.3 Å². The molecule has 0 saturated heterocycles. The summed E-state index contributed by atoms with van der Waals surface area (Å²) in [5, 5.41) is 18.2. The van der Waals surface area contributed by atoms with Crippen LogP contribution in [0.2, 0.25) is 5.15 Å². The van der Waals surface area contributed by atoms with Crippen molar-refractivity contribution in [2.24, 2.45) is 0 Å². The van der Waals surface area contributed by atoms with Crippen molar-refractivity contribution < 1.29 is 4.39 Å². The summed E-state index contributed by atoms with van der Waals surface area (Å²) in [5.41, 5.74) is 6.45. The second kappa shape index (κ2) is 4.93. The van der Waals surface area contributed by atoms with Gasteiger partial charge in [0.25, 0.3) is 0 Å². The molecule has 0 atom stereocenters. The highest BCUT2D eigenvalue weighted by molar-refractivity contribution is 6.31. The van der Waals surface area contributed by atoms with Crippen LogP contribution in [0.25, 0.3) is 11.1 Å². The van der Waals surface area contributed by atoms with E-state index in [9.17, 15) is 4.39 Å². The van der Waals surface area contributed by atoms with Crippen molar-refractivity contribution in [1.82, 2.24) is 4.98 Å². The number of nitrogen functional groups attached to an aromatic ring is 1. The average Bonchev–Trinajstić information content (AvgIpc) is 2.39. The number of anilines is 1. The second-order valence-corrected chi connectivity index (χ2v) is 4.00. The lowest BCUT2D eigenvalue weighted by atomic mass is 9.97. The van der Waals surface area contributed by atoms with Gasteiger partial charge in [-0.2, -0.15) is 10.5 Å². The molecule has 0 amide bonds. The lowest BCUT2D eigenvalue weighted by Gasteiger charge is -2.09. The van der Waals surface area contributed by atoms with Gasteiger partial charge in [0, 0.05) is 5.56 Å². The molecule has 0 unspecified atom stereocenters. The van der Waals surface area contributed by atoms with Gasteiger partial charge >= 0.3 is 0 Å². The highest BCUT2D eigenvalue weighted by atomic mass is 35.5. The number of halogens is 2. The first kappa shape index (κ1) is 12.8. The van der Waals surface area contributed by atoms with Gasteiger partial charge in [0.15, 0.2) is 0 Å². The molecule has 2 rings (SSSR count). The minimum absolute atomic E-state index is 0.0408. The van der Waals surface area contributed by atoms with Crippen molar-refractivity contribution in [3.63, 3.8) is 0 Å². The molecule has 0 aliphatic carbocycles. The maximum Gasteiger partial charge on any atom is 0.149 e. The summed E-state index contributed by atoms with van der Waals surface area (Å²) in [6.45, 7) is 0. The monoisotopic (exact) mass is 272 g/mol. The molecule has 0 aliphatic rings. The zero-order valence-electron chi connectivity index (χ0n) is 9.48. The number of benzene rings is 1. The van der Waals surface area contributed by atoms with E-state index < -0.39 is 5.82 Å². The van der Waals surface area contributed by atoms with Gasteiger partial charge in [-0.3, -0.25) is 0 Å². The van der Waals surface area contributed by atoms with Crippen LogP contribution in [-0.2, 0) is 0 Å². The van der Waals surface area contributed by atoms with Crippen LogP contribution in [0.1, 0.15) is 11.1 Å². The molecule has 1 aromatic carbocycles. The summed E-state index contributed by atoms with van der Waals surface area (Å²) in [4.78, 5) is 3.74. The maximum absolute atomic E-state index is 12.9. The van der Waals surface area contributed by atoms with E-state index in [0.29, 0.717) is 5.56 Å². The number of nitrogens with zero attached hydrogens (tertiary/aromatic N) is 3. The highest BCUT2D eigenvalue weighted by Gasteiger charge is 2.18. The number of pyridine rings is 1. The lowest BCUT2D eigenvalue weighted by molar-refractivity contribution is 0.628. The summed E-state index contributed by atoms with van der Waals surface area (Å²) in [6.07, 6.45) is 0. The molecule has 2 N–H and O–H groups in total. The SMILES string of the molecule is N#Cc1c(N)nc(Cl)c(C#N)c1-c1ccc(F)cc1. The van der Waals surface area contributed by atoms with E-state index in [1.54, 1.807) is 0 Å². The Morgan fingerprint density at radius 1 is 1.11 bits per heavy atom. The van der Waals surface area contributed by atoms with E-state index in [1.807, 2.05) is 12.1 Å². The van der Waals surface area contributed by atoms with Gasteiger partial charge < -0.3 is 5.73 Å². The van der Waals surface area contributed by atoms with Crippen molar-refractivity contribution >= 4 is 17.4 Å². The van der Waals surface area contributed by atoms with Crippen LogP contribution in [0.4, 0.5) is 10.2 Å². The molecule has 0 spiro atoms. The smallest absolute Gasteiger partial charge is 0.149 e. The van der Waals surface area contributed by atoms with Gasteiger partial charge in [0.05, 0.1) is 5.56 Å². The van der Waals surface area contributed by atoms with Crippen LogP contribution in [0.3, 0.4) is 0 Å². The summed E-state index contributed by atoms with van der Waals surface area (Å²) in [5.74, 6) is -0.486. The topological polar surface area (TPSA) is 86.5 Å². The largest absolute Gasteiger partial charge is 0.383 e. The standard InChI is InChI=1S/C13H6ClFN4/c14-12-9(5-16)11(10(6-17)13(18)19-12)7-1-3-8(15)4-2-7/h1-4H,(H2,18,19). The molecule has 0 radical (unpaired) electrons. The van der Waals surface area contributed by atoms with Crippen LogP contribution < -0.4 is 5.73 Å². The third-order valence-corrected chi connectivity index (χ3v) is 2.81. The van der Waals surface area contributed by atoms with Gasteiger partial charge in [-0.25, -0.2) is 9.37 Å². The number of hydrogen-bond acceptors (Lipinski definition) is 4. The molecule has 0 aliphatic heterocycles. The zero-order chi connectivity index (χ0) is 14.0. The normalized spacial score (nSPS) is 9.68. The third-order valence-electron chi connectivity index (χ3n) is 2.54. The molecule has 92 valence electrons. The average molecular weight is 273 g/mol. The van der Waals surface area contributed by atoms with Gasteiger partial charge in [-0.1, -0.05) is 23.7 Å². The summed E-state index contributed by atoms with van der Waals surface area (Å²) < 4.78 is 12.9. The summed E-state index contributed by atoms with van der Waals surface area (Å²) in [6, 6.07) is 9.11. The number of nitrogens with two attached hydrogens (primary N) is 1. The van der Waals surface area contributed by atoms with E-state index >= 15 is 0 Å². The predicted molar refractivity (Wildman–Crippen MR) is 68.5 cm³/mol. The van der Waals surface area contributed by atoms with Gasteiger partial charge in [0.2, 0.25) is 0 Å². The fraction of sp³-hybridized carbons (Fsp3) is 0. The zero-order valence-corrected chi connectivity index (χ0v) is 10.2. The van der Waals surface area contributed by atoms with Crippen molar-refractivity contribution in [2.75, 3.05) is 5.73 Å². The first-order chi connectivity index (χ1) is 9.08. The summed E-state index contributed by atoms with van der Waals surface area (Å²) in [7, 11) is 0. The Morgan fingerprint density at radius 2 is 1.68 bits per heavy atom. The molecule has 0 bridgehead atoms. The van der Waals surface area contributed by atoms with Crippen molar-refractivity contribution in [1.29, 1.82) is 10.5 Å². The van der Waals surface area contributed by atoms with Crippen LogP contribution in [0.5, 0.6) is 0 Å². The van der Waals surface area contributed by atoms with E-state index in [2.05, 4.69) is 4.98 Å².